The van der Waals surface area contributed by atoms with E-state index in [1.165, 1.54) is 37.9 Å². The van der Waals surface area contributed by atoms with Crippen molar-refractivity contribution in [1.82, 2.24) is 4.90 Å². The number of rotatable bonds is 7. The topological polar surface area (TPSA) is 12.5 Å². The summed E-state index contributed by atoms with van der Waals surface area (Å²) in [6, 6.07) is 2.65. The lowest BCUT2D eigenvalue weighted by molar-refractivity contribution is 0.271. The molecule has 2 nitrogen and oxygen atoms in total. The monoisotopic (exact) mass is 243 g/mol. The minimum atomic E-state index is -1.42. The third-order valence-electron chi connectivity index (χ3n) is 4.51. The van der Waals surface area contributed by atoms with Gasteiger partial charge in [-0.3, -0.25) is 0 Å². The lowest BCUT2D eigenvalue weighted by Gasteiger charge is -2.46. The van der Waals surface area contributed by atoms with Crippen LogP contribution in [0.4, 0.5) is 0 Å². The largest absolute Gasteiger partial charge is 0.420 e. The first-order valence-corrected chi connectivity index (χ1v) is 9.15. The quantitative estimate of drug-likeness (QED) is 0.636. The highest BCUT2D eigenvalue weighted by atomic mass is 28.4. The van der Waals surface area contributed by atoms with Crippen molar-refractivity contribution in [3.05, 3.63) is 0 Å². The predicted octanol–water partition coefficient (Wildman–Crippen LogP) is 3.35. The Morgan fingerprint density at radius 2 is 2.00 bits per heavy atom. The van der Waals surface area contributed by atoms with Crippen molar-refractivity contribution in [1.29, 1.82) is 0 Å². The highest BCUT2D eigenvalue weighted by Crippen LogP contribution is 2.49. The first-order valence-electron chi connectivity index (χ1n) is 6.75. The van der Waals surface area contributed by atoms with Gasteiger partial charge >= 0.3 is 0 Å². The van der Waals surface area contributed by atoms with E-state index in [1.807, 2.05) is 7.11 Å². The molecule has 0 spiro atoms. The minimum Gasteiger partial charge on any atom is -0.420 e. The van der Waals surface area contributed by atoms with Gasteiger partial charge in [-0.15, -0.1) is 0 Å². The van der Waals surface area contributed by atoms with Crippen LogP contribution in [0.1, 0.15) is 33.1 Å². The van der Waals surface area contributed by atoms with Gasteiger partial charge in [0, 0.05) is 7.11 Å². The zero-order chi connectivity index (χ0) is 12.2. The van der Waals surface area contributed by atoms with E-state index in [-0.39, 0.29) is 0 Å². The molecule has 0 saturated heterocycles. The summed E-state index contributed by atoms with van der Waals surface area (Å²) in [7, 11) is 4.87. The Balaban J connectivity index is 2.50. The Morgan fingerprint density at radius 3 is 2.31 bits per heavy atom. The molecule has 1 aliphatic rings. The van der Waals surface area contributed by atoms with Crippen molar-refractivity contribution in [2.45, 2.75) is 50.7 Å². The van der Waals surface area contributed by atoms with Gasteiger partial charge < -0.3 is 9.33 Å². The summed E-state index contributed by atoms with van der Waals surface area (Å²) >= 11 is 0. The standard InChI is InChI=1S/C13H29NOSi/c1-6-16(15-5,11-7-10-14(3)4)13-9-8-12(13)2/h12-13H,6-11H2,1-5H3. The smallest absolute Gasteiger partial charge is 0.195 e. The summed E-state index contributed by atoms with van der Waals surface area (Å²) in [6.45, 7) is 5.96. The molecule has 0 aromatic heterocycles. The third kappa shape index (κ3) is 3.08. The molecule has 0 N–H and O–H groups in total. The molecule has 96 valence electrons. The maximum absolute atomic E-state index is 6.06. The van der Waals surface area contributed by atoms with Gasteiger partial charge in [-0.1, -0.05) is 26.7 Å². The van der Waals surface area contributed by atoms with E-state index < -0.39 is 8.32 Å². The summed E-state index contributed by atoms with van der Waals surface area (Å²) in [5, 5.41) is 0. The summed E-state index contributed by atoms with van der Waals surface area (Å²) in [6.07, 6.45) is 4.16. The van der Waals surface area contributed by atoms with E-state index >= 15 is 0 Å². The molecule has 3 heteroatoms. The minimum absolute atomic E-state index is 0.922. The van der Waals surface area contributed by atoms with Crippen LogP contribution >= 0.6 is 0 Å². The maximum Gasteiger partial charge on any atom is 0.195 e. The van der Waals surface area contributed by atoms with Crippen molar-refractivity contribution in [2.75, 3.05) is 27.7 Å². The summed E-state index contributed by atoms with van der Waals surface area (Å²) in [5.74, 6) is 0.922. The van der Waals surface area contributed by atoms with Crippen LogP contribution < -0.4 is 0 Å². The lowest BCUT2D eigenvalue weighted by atomic mass is 9.86. The molecule has 0 aromatic carbocycles. The first kappa shape index (κ1) is 14.2. The SMILES string of the molecule is CC[Si](CCCN(C)C)(OC)C1CCC1C. The van der Waals surface area contributed by atoms with Gasteiger partial charge in [0.15, 0.2) is 8.32 Å². The Morgan fingerprint density at radius 1 is 1.31 bits per heavy atom. The van der Waals surface area contributed by atoms with Crippen LogP contribution in [0.5, 0.6) is 0 Å². The predicted molar refractivity (Wildman–Crippen MR) is 73.4 cm³/mol. The average molecular weight is 243 g/mol. The normalized spacial score (nSPS) is 28.9. The van der Waals surface area contributed by atoms with Crippen LogP contribution in [0.2, 0.25) is 17.6 Å². The van der Waals surface area contributed by atoms with Gasteiger partial charge in [0.1, 0.15) is 0 Å². The second kappa shape index (κ2) is 6.17. The van der Waals surface area contributed by atoms with Crippen LogP contribution in [0, 0.1) is 5.92 Å². The molecule has 0 amide bonds. The fourth-order valence-electron chi connectivity index (χ4n) is 3.16. The fourth-order valence-corrected chi connectivity index (χ4v) is 7.86. The average Bonchev–Trinajstić information content (AvgIpc) is 2.25. The molecule has 0 aliphatic heterocycles. The summed E-state index contributed by atoms with van der Waals surface area (Å²) in [4.78, 5) is 2.29. The maximum atomic E-state index is 6.06. The van der Waals surface area contributed by atoms with Gasteiger partial charge in [-0.2, -0.15) is 0 Å². The molecular formula is C13H29NOSi. The van der Waals surface area contributed by atoms with Gasteiger partial charge in [0.05, 0.1) is 0 Å². The molecule has 0 heterocycles. The van der Waals surface area contributed by atoms with E-state index in [0.29, 0.717) is 0 Å². The molecular weight excluding hydrogens is 214 g/mol. The van der Waals surface area contributed by atoms with Crippen LogP contribution in [0.15, 0.2) is 0 Å². The highest BCUT2D eigenvalue weighted by Gasteiger charge is 2.47. The molecule has 1 saturated carbocycles. The van der Waals surface area contributed by atoms with E-state index in [1.54, 1.807) is 0 Å². The second-order valence-electron chi connectivity index (χ2n) is 5.69. The van der Waals surface area contributed by atoms with Crippen LogP contribution in [-0.4, -0.2) is 41.0 Å². The number of hydrogen-bond acceptors (Lipinski definition) is 2. The van der Waals surface area contributed by atoms with Crippen molar-refractivity contribution in [3.63, 3.8) is 0 Å². The fraction of sp³-hybridized carbons (Fsp3) is 1.00. The summed E-state index contributed by atoms with van der Waals surface area (Å²) < 4.78 is 6.06. The van der Waals surface area contributed by atoms with Crippen molar-refractivity contribution >= 4 is 8.32 Å². The zero-order valence-electron chi connectivity index (χ0n) is 11.8. The van der Waals surface area contributed by atoms with Crippen LogP contribution in [0.25, 0.3) is 0 Å². The van der Waals surface area contributed by atoms with Crippen molar-refractivity contribution in [2.24, 2.45) is 5.92 Å². The lowest BCUT2D eigenvalue weighted by Crippen LogP contribution is -2.48. The molecule has 1 aliphatic carbocycles. The van der Waals surface area contributed by atoms with E-state index in [2.05, 4.69) is 32.8 Å². The second-order valence-corrected chi connectivity index (χ2v) is 10.2. The van der Waals surface area contributed by atoms with Crippen molar-refractivity contribution < 1.29 is 4.43 Å². The van der Waals surface area contributed by atoms with E-state index in [0.717, 1.165) is 11.5 Å². The van der Waals surface area contributed by atoms with E-state index in [9.17, 15) is 0 Å². The Hall–Kier alpha value is 0.137. The molecule has 16 heavy (non-hydrogen) atoms. The highest BCUT2D eigenvalue weighted by molar-refractivity contribution is 6.75. The number of nitrogens with zero attached hydrogens (tertiary/aromatic N) is 1. The third-order valence-corrected chi connectivity index (χ3v) is 9.93. The zero-order valence-corrected chi connectivity index (χ0v) is 12.8. The Labute approximate surface area is 102 Å². The van der Waals surface area contributed by atoms with E-state index in [4.69, 9.17) is 4.43 Å². The molecule has 3 unspecified atom stereocenters. The molecule has 3 atom stereocenters. The summed E-state index contributed by atoms with van der Waals surface area (Å²) in [5.41, 5.74) is 0.935. The van der Waals surface area contributed by atoms with Gasteiger partial charge in [0.25, 0.3) is 0 Å². The molecule has 0 aromatic rings. The molecule has 0 radical (unpaired) electrons. The first-order chi connectivity index (χ1) is 7.55. The van der Waals surface area contributed by atoms with Crippen molar-refractivity contribution in [3.8, 4) is 0 Å². The molecule has 0 bridgehead atoms. The Bertz CT molecular complexity index is 204. The number of hydrogen-bond donors (Lipinski definition) is 0. The van der Waals surface area contributed by atoms with Gasteiger partial charge in [-0.05, 0) is 50.6 Å². The Kier molecular flexibility index (Phi) is 5.48. The van der Waals surface area contributed by atoms with Gasteiger partial charge in [-0.25, -0.2) is 0 Å². The van der Waals surface area contributed by atoms with Gasteiger partial charge in [0.2, 0.25) is 0 Å². The van der Waals surface area contributed by atoms with Crippen LogP contribution in [0.3, 0.4) is 0 Å². The molecule has 1 rings (SSSR count). The molecule has 1 fully saturated rings. The van der Waals surface area contributed by atoms with Crippen LogP contribution in [-0.2, 0) is 4.43 Å².